The van der Waals surface area contributed by atoms with Crippen molar-refractivity contribution >= 4 is 11.6 Å². The minimum atomic E-state index is 0.318. The van der Waals surface area contributed by atoms with E-state index in [1.165, 1.54) is 44.1 Å². The van der Waals surface area contributed by atoms with Crippen LogP contribution >= 0.6 is 0 Å². The van der Waals surface area contributed by atoms with Crippen LogP contribution in [0.1, 0.15) is 50.5 Å². The molecule has 0 atom stereocenters. The Hall–Kier alpha value is -1.35. The number of anilines is 1. The van der Waals surface area contributed by atoms with Gasteiger partial charge in [0.25, 0.3) is 0 Å². The van der Waals surface area contributed by atoms with E-state index in [0.29, 0.717) is 11.8 Å². The quantitative estimate of drug-likeness (QED) is 0.844. The number of amides is 1. The summed E-state index contributed by atoms with van der Waals surface area (Å²) < 4.78 is 0. The molecule has 1 aromatic rings. The third kappa shape index (κ3) is 3.65. The van der Waals surface area contributed by atoms with Gasteiger partial charge in [0.2, 0.25) is 5.91 Å². The minimum absolute atomic E-state index is 0.318. The summed E-state index contributed by atoms with van der Waals surface area (Å²) in [6.07, 6.45) is 8.50. The second-order valence-electron chi connectivity index (χ2n) is 6.41. The second-order valence-corrected chi connectivity index (χ2v) is 6.41. The van der Waals surface area contributed by atoms with Gasteiger partial charge < -0.3 is 10.2 Å². The predicted molar refractivity (Wildman–Crippen MR) is 86.3 cm³/mol. The lowest BCUT2D eigenvalue weighted by molar-refractivity contribution is -0.119. The summed E-state index contributed by atoms with van der Waals surface area (Å²) in [5.74, 6) is 0.918. The van der Waals surface area contributed by atoms with Gasteiger partial charge in [-0.15, -0.1) is 0 Å². The van der Waals surface area contributed by atoms with Gasteiger partial charge in [0, 0.05) is 31.7 Å². The highest BCUT2D eigenvalue weighted by Gasteiger charge is 2.23. The van der Waals surface area contributed by atoms with Crippen LogP contribution in [0.15, 0.2) is 24.3 Å². The molecule has 1 aliphatic carbocycles. The summed E-state index contributed by atoms with van der Waals surface area (Å²) in [6.45, 7) is 2.54. The van der Waals surface area contributed by atoms with Gasteiger partial charge in [-0.2, -0.15) is 0 Å². The Bertz CT molecular complexity index is 478. The number of carbonyl (C=O) groups is 1. The fraction of sp³-hybridized carbons (Fsp3) is 0.611. The number of rotatable bonds is 2. The van der Waals surface area contributed by atoms with Crippen molar-refractivity contribution in [3.8, 4) is 0 Å². The van der Waals surface area contributed by atoms with Crippen molar-refractivity contribution in [1.82, 2.24) is 5.32 Å². The van der Waals surface area contributed by atoms with Crippen molar-refractivity contribution in [1.29, 1.82) is 0 Å². The Morgan fingerprint density at radius 1 is 1.14 bits per heavy atom. The Morgan fingerprint density at radius 2 is 1.90 bits per heavy atom. The molecule has 1 aliphatic heterocycles. The summed E-state index contributed by atoms with van der Waals surface area (Å²) in [4.78, 5) is 14.8. The highest BCUT2D eigenvalue weighted by atomic mass is 16.2. The molecule has 114 valence electrons. The normalized spacial score (nSPS) is 20.5. The minimum Gasteiger partial charge on any atom is -0.311 e. The summed E-state index contributed by atoms with van der Waals surface area (Å²) in [6, 6.07) is 8.31. The Labute approximate surface area is 127 Å². The van der Waals surface area contributed by atoms with E-state index in [1.807, 2.05) is 11.0 Å². The van der Waals surface area contributed by atoms with Crippen LogP contribution in [0.2, 0.25) is 0 Å². The lowest BCUT2D eigenvalue weighted by atomic mass is 9.95. The van der Waals surface area contributed by atoms with Gasteiger partial charge >= 0.3 is 0 Å². The van der Waals surface area contributed by atoms with Crippen molar-refractivity contribution in [3.63, 3.8) is 0 Å². The molecule has 1 saturated carbocycles. The largest absolute Gasteiger partial charge is 0.311 e. The number of hydrogen-bond donors (Lipinski definition) is 1. The molecule has 1 heterocycles. The molecule has 1 amide bonds. The van der Waals surface area contributed by atoms with Crippen LogP contribution in [0.5, 0.6) is 0 Å². The molecule has 3 nitrogen and oxygen atoms in total. The van der Waals surface area contributed by atoms with Crippen LogP contribution in [-0.2, 0) is 11.3 Å². The molecule has 1 aromatic carbocycles. The first-order valence-corrected chi connectivity index (χ1v) is 8.43. The maximum Gasteiger partial charge on any atom is 0.227 e. The van der Waals surface area contributed by atoms with Crippen molar-refractivity contribution in [2.24, 2.45) is 5.92 Å². The summed E-state index contributed by atoms with van der Waals surface area (Å²) >= 11 is 0. The van der Waals surface area contributed by atoms with Crippen LogP contribution in [-0.4, -0.2) is 19.0 Å². The molecule has 1 N–H and O–H groups in total. The number of hydrogen-bond acceptors (Lipinski definition) is 2. The fourth-order valence-electron chi connectivity index (χ4n) is 3.64. The SMILES string of the molecule is O=C(CC1CCCCCC1)N1CCNCc2ccccc21. The molecule has 2 aliphatic rings. The van der Waals surface area contributed by atoms with Crippen molar-refractivity contribution in [2.75, 3.05) is 18.0 Å². The second kappa shape index (κ2) is 7.08. The maximum absolute atomic E-state index is 12.8. The van der Waals surface area contributed by atoms with E-state index in [4.69, 9.17) is 0 Å². The van der Waals surface area contributed by atoms with E-state index >= 15 is 0 Å². The molecular weight excluding hydrogens is 260 g/mol. The van der Waals surface area contributed by atoms with Crippen LogP contribution in [0, 0.1) is 5.92 Å². The van der Waals surface area contributed by atoms with E-state index in [2.05, 4.69) is 23.5 Å². The molecule has 21 heavy (non-hydrogen) atoms. The molecule has 0 radical (unpaired) electrons. The lowest BCUT2D eigenvalue weighted by Crippen LogP contribution is -2.35. The van der Waals surface area contributed by atoms with Gasteiger partial charge in [0.15, 0.2) is 0 Å². The van der Waals surface area contributed by atoms with E-state index in [1.54, 1.807) is 0 Å². The molecule has 0 unspecified atom stereocenters. The highest BCUT2D eigenvalue weighted by molar-refractivity contribution is 5.94. The van der Waals surface area contributed by atoms with E-state index in [0.717, 1.165) is 31.7 Å². The predicted octanol–water partition coefficient (Wildman–Crippen LogP) is 3.48. The van der Waals surface area contributed by atoms with E-state index < -0.39 is 0 Å². The first kappa shape index (κ1) is 14.6. The monoisotopic (exact) mass is 286 g/mol. The lowest BCUT2D eigenvalue weighted by Gasteiger charge is -2.25. The van der Waals surface area contributed by atoms with Crippen LogP contribution < -0.4 is 10.2 Å². The molecule has 0 aromatic heterocycles. The molecule has 1 fully saturated rings. The van der Waals surface area contributed by atoms with Gasteiger partial charge in [-0.05, 0) is 30.4 Å². The highest BCUT2D eigenvalue weighted by Crippen LogP contribution is 2.28. The van der Waals surface area contributed by atoms with Gasteiger partial charge in [-0.3, -0.25) is 4.79 Å². The topological polar surface area (TPSA) is 32.3 Å². The number of fused-ring (bicyclic) bond motifs is 1. The third-order valence-corrected chi connectivity index (χ3v) is 4.85. The first-order valence-electron chi connectivity index (χ1n) is 8.43. The molecule has 3 heteroatoms. The molecule has 3 rings (SSSR count). The summed E-state index contributed by atoms with van der Waals surface area (Å²) in [7, 11) is 0. The zero-order chi connectivity index (χ0) is 14.5. The number of para-hydroxylation sites is 1. The standard InChI is InChI=1S/C18H26N2O/c21-18(13-15-7-3-1-2-4-8-15)20-12-11-19-14-16-9-5-6-10-17(16)20/h5-6,9-10,15,19H,1-4,7-8,11-14H2. The van der Waals surface area contributed by atoms with Crippen LogP contribution in [0.4, 0.5) is 5.69 Å². The van der Waals surface area contributed by atoms with Crippen molar-refractivity contribution < 1.29 is 4.79 Å². The average Bonchev–Trinajstić information content (AvgIpc) is 2.87. The first-order chi connectivity index (χ1) is 10.3. The molecule has 0 saturated heterocycles. The van der Waals surface area contributed by atoms with Gasteiger partial charge in [-0.1, -0.05) is 43.9 Å². The Balaban J connectivity index is 1.71. The Morgan fingerprint density at radius 3 is 2.71 bits per heavy atom. The number of nitrogens with one attached hydrogen (secondary N) is 1. The van der Waals surface area contributed by atoms with Gasteiger partial charge in [0.1, 0.15) is 0 Å². The zero-order valence-electron chi connectivity index (χ0n) is 12.8. The average molecular weight is 286 g/mol. The maximum atomic E-state index is 12.8. The number of nitrogens with zero attached hydrogens (tertiary/aromatic N) is 1. The number of benzene rings is 1. The Kier molecular flexibility index (Phi) is 4.91. The molecule has 0 bridgehead atoms. The molecular formula is C18H26N2O. The van der Waals surface area contributed by atoms with Gasteiger partial charge in [0.05, 0.1) is 0 Å². The van der Waals surface area contributed by atoms with E-state index in [-0.39, 0.29) is 0 Å². The van der Waals surface area contributed by atoms with Gasteiger partial charge in [-0.25, -0.2) is 0 Å². The smallest absolute Gasteiger partial charge is 0.227 e. The summed E-state index contributed by atoms with van der Waals surface area (Å²) in [5, 5.41) is 3.41. The van der Waals surface area contributed by atoms with Crippen molar-refractivity contribution in [2.45, 2.75) is 51.5 Å². The molecule has 0 spiro atoms. The summed E-state index contributed by atoms with van der Waals surface area (Å²) in [5.41, 5.74) is 2.35. The fourth-order valence-corrected chi connectivity index (χ4v) is 3.64. The van der Waals surface area contributed by atoms with Crippen molar-refractivity contribution in [3.05, 3.63) is 29.8 Å². The number of carbonyl (C=O) groups excluding carboxylic acids is 1. The third-order valence-electron chi connectivity index (χ3n) is 4.85. The van der Waals surface area contributed by atoms with Crippen LogP contribution in [0.25, 0.3) is 0 Å². The van der Waals surface area contributed by atoms with Crippen LogP contribution in [0.3, 0.4) is 0 Å². The zero-order valence-corrected chi connectivity index (χ0v) is 12.8. The van der Waals surface area contributed by atoms with E-state index in [9.17, 15) is 4.79 Å².